The van der Waals surface area contributed by atoms with Gasteiger partial charge in [0.15, 0.2) is 5.78 Å². The average Bonchev–Trinajstić information content (AvgIpc) is 2.62. The van der Waals surface area contributed by atoms with Crippen molar-refractivity contribution in [3.05, 3.63) is 47.5 Å². The molecule has 0 aromatic heterocycles. The van der Waals surface area contributed by atoms with Gasteiger partial charge in [-0.1, -0.05) is 6.07 Å². The van der Waals surface area contributed by atoms with Crippen molar-refractivity contribution in [2.45, 2.75) is 6.42 Å². The molecule has 0 bridgehead atoms. The molecule has 0 unspecified atom stereocenters. The normalized spacial score (nSPS) is 12.5. The Morgan fingerprint density at radius 1 is 0.840 bits per heavy atom. The number of ether oxygens (including phenoxy) is 2. The summed E-state index contributed by atoms with van der Waals surface area (Å²) in [5.41, 5.74) is 3.81. The zero-order chi connectivity index (χ0) is 17.6. The minimum Gasteiger partial charge on any atom is -0.492 e. The quantitative estimate of drug-likeness (QED) is 0.722. The van der Waals surface area contributed by atoms with Crippen LogP contribution in [0, 0.1) is 0 Å². The molecule has 0 amide bonds. The second-order valence-corrected chi connectivity index (χ2v) is 6.03. The molecule has 3 rings (SSSR count). The lowest BCUT2D eigenvalue weighted by Gasteiger charge is -2.20. The van der Waals surface area contributed by atoms with Crippen LogP contribution in [0.15, 0.2) is 36.4 Å². The second kappa shape index (κ2) is 8.14. The molecule has 5 heteroatoms. The molecule has 0 atom stereocenters. The number of likely N-dealkylation sites (N-methyl/N-ethyl adjacent to an activating group) is 2. The highest BCUT2D eigenvalue weighted by Crippen LogP contribution is 2.37. The standard InChI is InChI=1S/C20H24N2O3/c1-21-7-9-24-15-3-5-17-14(11-15)12-20(23)19-13-16(4-6-18(17)19)25-10-8-22-2/h3-6,11,13,21-22H,7-10,12H2,1-2H3. The third-order valence-corrected chi connectivity index (χ3v) is 4.25. The molecular weight excluding hydrogens is 316 g/mol. The fraction of sp³-hybridized carbons (Fsp3) is 0.350. The number of ketones is 1. The lowest BCUT2D eigenvalue weighted by Crippen LogP contribution is -2.17. The van der Waals surface area contributed by atoms with Crippen molar-refractivity contribution in [2.75, 3.05) is 40.4 Å². The van der Waals surface area contributed by atoms with Crippen LogP contribution in [-0.4, -0.2) is 46.2 Å². The predicted octanol–water partition coefficient (Wildman–Crippen LogP) is 2.29. The zero-order valence-electron chi connectivity index (χ0n) is 14.7. The van der Waals surface area contributed by atoms with Crippen molar-refractivity contribution in [3.8, 4) is 22.6 Å². The monoisotopic (exact) mass is 340 g/mol. The highest BCUT2D eigenvalue weighted by molar-refractivity contribution is 6.07. The first-order valence-electron chi connectivity index (χ1n) is 8.58. The molecule has 5 nitrogen and oxygen atoms in total. The van der Waals surface area contributed by atoms with Crippen molar-refractivity contribution in [3.63, 3.8) is 0 Å². The number of benzene rings is 2. The third-order valence-electron chi connectivity index (χ3n) is 4.25. The number of carbonyl (C=O) groups is 1. The van der Waals surface area contributed by atoms with Crippen LogP contribution in [0.5, 0.6) is 11.5 Å². The number of nitrogens with one attached hydrogen (secondary N) is 2. The molecule has 0 heterocycles. The van der Waals surface area contributed by atoms with Gasteiger partial charge in [-0.05, 0) is 61.1 Å². The SMILES string of the molecule is CNCCOc1ccc2c(c1)CC(=O)c1cc(OCCNC)ccc1-2. The average molecular weight is 340 g/mol. The highest BCUT2D eigenvalue weighted by Gasteiger charge is 2.23. The van der Waals surface area contributed by atoms with Crippen LogP contribution in [0.3, 0.4) is 0 Å². The van der Waals surface area contributed by atoms with E-state index in [1.807, 2.05) is 50.5 Å². The van der Waals surface area contributed by atoms with Crippen molar-refractivity contribution in [2.24, 2.45) is 0 Å². The van der Waals surface area contributed by atoms with Gasteiger partial charge < -0.3 is 20.1 Å². The number of carbonyl (C=O) groups excluding carboxylic acids is 1. The van der Waals surface area contributed by atoms with E-state index < -0.39 is 0 Å². The van der Waals surface area contributed by atoms with E-state index in [0.29, 0.717) is 19.6 Å². The lowest BCUT2D eigenvalue weighted by atomic mass is 9.84. The van der Waals surface area contributed by atoms with Crippen LogP contribution in [0.25, 0.3) is 11.1 Å². The maximum Gasteiger partial charge on any atom is 0.168 e. The maximum absolute atomic E-state index is 12.6. The number of hydrogen-bond acceptors (Lipinski definition) is 5. The van der Waals surface area contributed by atoms with E-state index in [1.165, 1.54) is 0 Å². The Hall–Kier alpha value is -2.37. The highest BCUT2D eigenvalue weighted by atomic mass is 16.5. The van der Waals surface area contributed by atoms with Crippen molar-refractivity contribution < 1.29 is 14.3 Å². The number of Topliss-reactive ketones (excluding diaryl/α,β-unsaturated/α-hetero) is 1. The van der Waals surface area contributed by atoms with Gasteiger partial charge in [-0.25, -0.2) is 0 Å². The Morgan fingerprint density at radius 2 is 1.44 bits per heavy atom. The van der Waals surface area contributed by atoms with E-state index in [4.69, 9.17) is 9.47 Å². The zero-order valence-corrected chi connectivity index (χ0v) is 14.7. The Morgan fingerprint density at radius 3 is 2.08 bits per heavy atom. The van der Waals surface area contributed by atoms with Crippen molar-refractivity contribution in [1.82, 2.24) is 10.6 Å². The summed E-state index contributed by atoms with van der Waals surface area (Å²) in [6.45, 7) is 2.74. The Bertz CT molecular complexity index is 759. The second-order valence-electron chi connectivity index (χ2n) is 6.03. The molecule has 0 aliphatic heterocycles. The van der Waals surface area contributed by atoms with Crippen LogP contribution in [-0.2, 0) is 6.42 Å². The molecule has 2 aromatic rings. The van der Waals surface area contributed by atoms with Gasteiger partial charge in [0.2, 0.25) is 0 Å². The van der Waals surface area contributed by atoms with E-state index in [0.717, 1.165) is 46.8 Å². The van der Waals surface area contributed by atoms with E-state index in [1.54, 1.807) is 0 Å². The summed E-state index contributed by atoms with van der Waals surface area (Å²) < 4.78 is 11.4. The van der Waals surface area contributed by atoms with Crippen molar-refractivity contribution >= 4 is 5.78 Å². The van der Waals surface area contributed by atoms with Gasteiger partial charge in [-0.2, -0.15) is 0 Å². The molecule has 0 radical (unpaired) electrons. The first-order chi connectivity index (χ1) is 12.2. The van der Waals surface area contributed by atoms with Gasteiger partial charge in [0.05, 0.1) is 0 Å². The Balaban J connectivity index is 1.83. The fourth-order valence-corrected chi connectivity index (χ4v) is 2.96. The van der Waals surface area contributed by atoms with Crippen LogP contribution < -0.4 is 20.1 Å². The first kappa shape index (κ1) is 17.5. The molecule has 2 aromatic carbocycles. The van der Waals surface area contributed by atoms with Crippen LogP contribution in [0.1, 0.15) is 15.9 Å². The molecule has 1 aliphatic rings. The Labute approximate surface area is 148 Å². The summed E-state index contributed by atoms with van der Waals surface area (Å²) in [6.07, 6.45) is 0.394. The van der Waals surface area contributed by atoms with Crippen LogP contribution in [0.2, 0.25) is 0 Å². The molecule has 0 saturated heterocycles. The number of hydrogen-bond donors (Lipinski definition) is 2. The lowest BCUT2D eigenvalue weighted by molar-refractivity contribution is 0.0991. The minimum atomic E-state index is 0.119. The van der Waals surface area contributed by atoms with E-state index in [-0.39, 0.29) is 5.78 Å². The summed E-state index contributed by atoms with van der Waals surface area (Å²) >= 11 is 0. The summed E-state index contributed by atoms with van der Waals surface area (Å²) in [6, 6.07) is 11.7. The molecule has 0 saturated carbocycles. The van der Waals surface area contributed by atoms with Crippen LogP contribution >= 0.6 is 0 Å². The summed E-state index contributed by atoms with van der Waals surface area (Å²) in [5.74, 6) is 1.66. The van der Waals surface area contributed by atoms with Crippen LogP contribution in [0.4, 0.5) is 0 Å². The van der Waals surface area contributed by atoms with Gasteiger partial charge in [-0.3, -0.25) is 4.79 Å². The number of rotatable bonds is 8. The van der Waals surface area contributed by atoms with Gasteiger partial charge in [0.25, 0.3) is 0 Å². The molecule has 132 valence electrons. The van der Waals surface area contributed by atoms with Gasteiger partial charge >= 0.3 is 0 Å². The fourth-order valence-electron chi connectivity index (χ4n) is 2.96. The molecule has 1 aliphatic carbocycles. The van der Waals surface area contributed by atoms with E-state index in [2.05, 4.69) is 10.6 Å². The van der Waals surface area contributed by atoms with E-state index >= 15 is 0 Å². The molecular formula is C20H24N2O3. The topological polar surface area (TPSA) is 59.6 Å². The molecule has 25 heavy (non-hydrogen) atoms. The van der Waals surface area contributed by atoms with Gasteiger partial charge in [0.1, 0.15) is 24.7 Å². The smallest absolute Gasteiger partial charge is 0.168 e. The molecule has 0 fully saturated rings. The maximum atomic E-state index is 12.6. The first-order valence-corrected chi connectivity index (χ1v) is 8.58. The minimum absolute atomic E-state index is 0.119. The Kier molecular flexibility index (Phi) is 5.68. The predicted molar refractivity (Wildman–Crippen MR) is 98.8 cm³/mol. The summed E-state index contributed by atoms with van der Waals surface area (Å²) in [4.78, 5) is 12.6. The summed E-state index contributed by atoms with van der Waals surface area (Å²) in [7, 11) is 3.77. The number of fused-ring (bicyclic) bond motifs is 3. The van der Waals surface area contributed by atoms with E-state index in [9.17, 15) is 4.79 Å². The molecule has 0 spiro atoms. The summed E-state index contributed by atoms with van der Waals surface area (Å²) in [5, 5.41) is 6.09. The van der Waals surface area contributed by atoms with Gasteiger partial charge in [0, 0.05) is 25.1 Å². The molecule has 2 N–H and O–H groups in total. The largest absolute Gasteiger partial charge is 0.492 e. The van der Waals surface area contributed by atoms with Crippen molar-refractivity contribution in [1.29, 1.82) is 0 Å². The van der Waals surface area contributed by atoms with Gasteiger partial charge in [-0.15, -0.1) is 0 Å². The third kappa shape index (κ3) is 4.00.